The Balaban J connectivity index is 1.17. The van der Waals surface area contributed by atoms with Crippen molar-refractivity contribution < 1.29 is 0 Å². The summed E-state index contributed by atoms with van der Waals surface area (Å²) < 4.78 is 0. The van der Waals surface area contributed by atoms with Crippen LogP contribution in [0.3, 0.4) is 0 Å². The number of nitrogens with zero attached hydrogens (tertiary/aromatic N) is 2. The molecule has 0 atom stereocenters. The van der Waals surface area contributed by atoms with E-state index in [0.717, 1.165) is 33.5 Å². The molecular formula is C42H26N2S. The Kier molecular flexibility index (Phi) is 6.10. The zero-order chi connectivity index (χ0) is 29.7. The molecule has 0 radical (unpaired) electrons. The van der Waals surface area contributed by atoms with Crippen LogP contribution in [0.15, 0.2) is 168 Å². The molecule has 0 saturated heterocycles. The van der Waals surface area contributed by atoms with E-state index in [9.17, 15) is 0 Å². The van der Waals surface area contributed by atoms with E-state index in [4.69, 9.17) is 9.97 Å². The lowest BCUT2D eigenvalue weighted by molar-refractivity contribution is 1.22. The third-order valence-electron chi connectivity index (χ3n) is 8.68. The maximum atomic E-state index is 5.23. The van der Waals surface area contributed by atoms with Crippen LogP contribution in [0.1, 0.15) is 0 Å². The zero-order valence-electron chi connectivity index (χ0n) is 24.3. The van der Waals surface area contributed by atoms with Crippen molar-refractivity contribution in [3.8, 4) is 56.0 Å². The summed E-state index contributed by atoms with van der Waals surface area (Å²) in [6.45, 7) is 0. The van der Waals surface area contributed by atoms with Gasteiger partial charge < -0.3 is 0 Å². The van der Waals surface area contributed by atoms with Gasteiger partial charge in [0.15, 0.2) is 5.82 Å². The molecule has 210 valence electrons. The van der Waals surface area contributed by atoms with E-state index in [0.29, 0.717) is 0 Å². The fourth-order valence-corrected chi connectivity index (χ4v) is 7.71. The molecule has 7 aromatic carbocycles. The molecule has 2 heterocycles. The van der Waals surface area contributed by atoms with Crippen LogP contribution in [0, 0.1) is 0 Å². The number of hydrogen-bond donors (Lipinski definition) is 0. The van der Waals surface area contributed by atoms with Gasteiger partial charge in [0, 0.05) is 31.7 Å². The lowest BCUT2D eigenvalue weighted by Crippen LogP contribution is -1.98. The molecule has 0 unspecified atom stereocenters. The number of rotatable bonds is 4. The van der Waals surface area contributed by atoms with E-state index in [-0.39, 0.29) is 0 Å². The normalized spacial score (nSPS) is 11.9. The summed E-state index contributed by atoms with van der Waals surface area (Å²) in [7, 11) is 0. The Labute approximate surface area is 266 Å². The average Bonchev–Trinajstić information content (AvgIpc) is 3.12. The Bertz CT molecular complexity index is 2400. The van der Waals surface area contributed by atoms with E-state index in [2.05, 4.69) is 152 Å². The molecular weight excluding hydrogens is 565 g/mol. The van der Waals surface area contributed by atoms with Crippen LogP contribution in [-0.4, -0.2) is 9.97 Å². The highest BCUT2D eigenvalue weighted by atomic mass is 32.2. The van der Waals surface area contributed by atoms with Crippen molar-refractivity contribution in [2.75, 3.05) is 0 Å². The first-order chi connectivity index (χ1) is 22.3. The summed E-state index contributed by atoms with van der Waals surface area (Å²) in [4.78, 5) is 12.8. The summed E-state index contributed by atoms with van der Waals surface area (Å²) in [6, 6.07) is 56.1. The largest absolute Gasteiger partial charge is 0.228 e. The fraction of sp³-hybridized carbons (Fsp3) is 0. The lowest BCUT2D eigenvalue weighted by Gasteiger charge is -2.22. The van der Waals surface area contributed by atoms with Gasteiger partial charge in [-0.05, 0) is 63.0 Å². The minimum absolute atomic E-state index is 0.737. The van der Waals surface area contributed by atoms with Crippen molar-refractivity contribution in [2.24, 2.45) is 0 Å². The van der Waals surface area contributed by atoms with Gasteiger partial charge in [0.2, 0.25) is 0 Å². The number of aromatic nitrogens is 2. The van der Waals surface area contributed by atoms with Gasteiger partial charge in [-0.25, -0.2) is 9.97 Å². The maximum Gasteiger partial charge on any atom is 0.160 e. The minimum Gasteiger partial charge on any atom is -0.228 e. The fourth-order valence-electron chi connectivity index (χ4n) is 6.54. The first kappa shape index (κ1) is 25.9. The molecule has 0 fully saturated rings. The second kappa shape index (κ2) is 10.6. The Morgan fingerprint density at radius 2 is 1.07 bits per heavy atom. The Morgan fingerprint density at radius 3 is 1.93 bits per heavy atom. The van der Waals surface area contributed by atoms with Crippen LogP contribution in [0.5, 0.6) is 0 Å². The number of benzene rings is 7. The summed E-state index contributed by atoms with van der Waals surface area (Å²) in [5, 5.41) is 3.67. The second-order valence-electron chi connectivity index (χ2n) is 11.4. The van der Waals surface area contributed by atoms with Gasteiger partial charge in [-0.3, -0.25) is 0 Å². The van der Waals surface area contributed by atoms with Gasteiger partial charge in [0.25, 0.3) is 0 Å². The molecule has 1 aliphatic rings. The Morgan fingerprint density at radius 1 is 0.378 bits per heavy atom. The van der Waals surface area contributed by atoms with Crippen LogP contribution >= 0.6 is 11.8 Å². The quantitative estimate of drug-likeness (QED) is 0.204. The summed E-state index contributed by atoms with van der Waals surface area (Å²) in [5.74, 6) is 0.737. The molecule has 3 heteroatoms. The minimum atomic E-state index is 0.737. The van der Waals surface area contributed by atoms with Gasteiger partial charge in [-0.2, -0.15) is 0 Å². The van der Waals surface area contributed by atoms with Gasteiger partial charge in [0.05, 0.1) is 11.2 Å². The highest BCUT2D eigenvalue weighted by Gasteiger charge is 2.22. The molecule has 0 saturated carbocycles. The van der Waals surface area contributed by atoms with Crippen LogP contribution in [0.25, 0.3) is 77.7 Å². The summed E-state index contributed by atoms with van der Waals surface area (Å²) >= 11 is 1.84. The standard InChI is InChI=1S/C42H26N2S/c1-3-11-27(12-4-1)29-15-9-16-30(25-29)41-36-17-7-8-20-37(36)43-42(44-41)31-21-22-33-35-19-10-18-34-32(28-13-5-2-6-14-28)23-24-38(40(34)35)45-39(33)26-31/h1-26H. The van der Waals surface area contributed by atoms with E-state index < -0.39 is 0 Å². The van der Waals surface area contributed by atoms with Crippen molar-refractivity contribution in [1.82, 2.24) is 9.97 Å². The third kappa shape index (κ3) is 4.44. The van der Waals surface area contributed by atoms with Crippen LogP contribution < -0.4 is 0 Å². The SMILES string of the molecule is c1ccc(-c2cccc(-c3nc(-c4ccc5c(c4)Sc4ccc(-c6ccccc6)c6cccc-5c46)nc4ccccc34)c2)cc1. The predicted octanol–water partition coefficient (Wildman–Crippen LogP) is 11.6. The van der Waals surface area contributed by atoms with Gasteiger partial charge in [-0.15, -0.1) is 0 Å². The maximum absolute atomic E-state index is 5.23. The van der Waals surface area contributed by atoms with Crippen molar-refractivity contribution in [1.29, 1.82) is 0 Å². The molecule has 8 aromatic rings. The van der Waals surface area contributed by atoms with E-state index in [1.807, 2.05) is 17.8 Å². The van der Waals surface area contributed by atoms with Gasteiger partial charge in [-0.1, -0.05) is 145 Å². The van der Waals surface area contributed by atoms with E-state index >= 15 is 0 Å². The van der Waals surface area contributed by atoms with Crippen molar-refractivity contribution in [3.05, 3.63) is 158 Å². The van der Waals surface area contributed by atoms with Gasteiger partial charge in [0.1, 0.15) is 0 Å². The number of fused-ring (bicyclic) bond motifs is 3. The molecule has 0 amide bonds. The van der Waals surface area contributed by atoms with Crippen LogP contribution in [-0.2, 0) is 0 Å². The van der Waals surface area contributed by atoms with Gasteiger partial charge >= 0.3 is 0 Å². The topological polar surface area (TPSA) is 25.8 Å². The molecule has 1 aliphatic heterocycles. The van der Waals surface area contributed by atoms with Crippen molar-refractivity contribution in [2.45, 2.75) is 9.79 Å². The van der Waals surface area contributed by atoms with Crippen molar-refractivity contribution in [3.63, 3.8) is 0 Å². The third-order valence-corrected chi connectivity index (χ3v) is 9.80. The summed E-state index contributed by atoms with van der Waals surface area (Å²) in [5.41, 5.74) is 11.4. The van der Waals surface area contributed by atoms with Crippen LogP contribution in [0.2, 0.25) is 0 Å². The molecule has 0 aliphatic carbocycles. The molecule has 2 nitrogen and oxygen atoms in total. The molecule has 0 N–H and O–H groups in total. The Hall–Kier alpha value is -5.51. The lowest BCUT2D eigenvalue weighted by atomic mass is 9.92. The van der Waals surface area contributed by atoms with Crippen molar-refractivity contribution >= 4 is 33.4 Å². The first-order valence-corrected chi connectivity index (χ1v) is 16.0. The predicted molar refractivity (Wildman–Crippen MR) is 188 cm³/mol. The smallest absolute Gasteiger partial charge is 0.160 e. The number of para-hydroxylation sites is 1. The summed E-state index contributed by atoms with van der Waals surface area (Å²) in [6.07, 6.45) is 0. The zero-order valence-corrected chi connectivity index (χ0v) is 25.1. The van der Waals surface area contributed by atoms with E-state index in [1.54, 1.807) is 0 Å². The molecule has 45 heavy (non-hydrogen) atoms. The molecule has 1 aromatic heterocycles. The average molecular weight is 591 g/mol. The van der Waals surface area contributed by atoms with Crippen LogP contribution in [0.4, 0.5) is 0 Å². The number of hydrogen-bond acceptors (Lipinski definition) is 3. The van der Waals surface area contributed by atoms with E-state index in [1.165, 1.54) is 53.9 Å². The highest BCUT2D eigenvalue weighted by molar-refractivity contribution is 7.99. The second-order valence-corrected chi connectivity index (χ2v) is 12.5. The highest BCUT2D eigenvalue weighted by Crippen LogP contribution is 2.50. The molecule has 0 bridgehead atoms. The molecule has 9 rings (SSSR count). The monoisotopic (exact) mass is 590 g/mol. The molecule has 0 spiro atoms. The first-order valence-electron chi connectivity index (χ1n) is 15.2.